The molecule has 0 bridgehead atoms. The van der Waals surface area contributed by atoms with Gasteiger partial charge in [0.15, 0.2) is 0 Å². The minimum Gasteiger partial charge on any atom is -0.308 e. The highest BCUT2D eigenvalue weighted by Gasteiger charge is 2.14. The molecule has 1 aromatic heterocycles. The smallest absolute Gasteiger partial charge is 0.137 e. The van der Waals surface area contributed by atoms with Crippen molar-refractivity contribution in [3.8, 4) is 0 Å². The lowest BCUT2D eigenvalue weighted by molar-refractivity contribution is 0.615. The third kappa shape index (κ3) is 2.68. The molecule has 0 aliphatic carbocycles. The van der Waals surface area contributed by atoms with Gasteiger partial charge in [0.05, 0.1) is 22.4 Å². The zero-order chi connectivity index (χ0) is 12.3. The number of nitrogens with one attached hydrogen (secondary N) is 1. The summed E-state index contributed by atoms with van der Waals surface area (Å²) < 4.78 is 13.6. The zero-order valence-electron chi connectivity index (χ0n) is 9.19. The van der Waals surface area contributed by atoms with Crippen molar-refractivity contribution in [3.63, 3.8) is 0 Å². The highest BCUT2D eigenvalue weighted by Crippen LogP contribution is 2.24. The van der Waals surface area contributed by atoms with Crippen molar-refractivity contribution in [2.45, 2.75) is 6.04 Å². The van der Waals surface area contributed by atoms with Crippen molar-refractivity contribution < 1.29 is 4.39 Å². The Kier molecular flexibility index (Phi) is 3.81. The Balaban J connectivity index is 2.39. The molecular formula is C12H11BrFN3. The minimum absolute atomic E-state index is 0.0967. The Labute approximate surface area is 107 Å². The summed E-state index contributed by atoms with van der Waals surface area (Å²) in [6, 6.07) is 4.81. The van der Waals surface area contributed by atoms with Gasteiger partial charge in [0.25, 0.3) is 0 Å². The second-order valence-electron chi connectivity index (χ2n) is 3.53. The molecule has 0 amide bonds. The van der Waals surface area contributed by atoms with Crippen molar-refractivity contribution in [2.24, 2.45) is 0 Å². The predicted octanol–water partition coefficient (Wildman–Crippen LogP) is 2.69. The van der Waals surface area contributed by atoms with Gasteiger partial charge in [0.1, 0.15) is 5.82 Å². The van der Waals surface area contributed by atoms with Crippen LogP contribution in [-0.2, 0) is 0 Å². The number of hydrogen-bond acceptors (Lipinski definition) is 3. The van der Waals surface area contributed by atoms with E-state index in [9.17, 15) is 4.39 Å². The summed E-state index contributed by atoms with van der Waals surface area (Å²) >= 11 is 3.18. The standard InChI is InChI=1S/C12H11BrFN3/c1-15-12(11-7-16-4-5-17-11)8-2-3-10(14)9(13)6-8/h2-7,12,15H,1H3. The van der Waals surface area contributed by atoms with Crippen molar-refractivity contribution in [1.82, 2.24) is 15.3 Å². The SMILES string of the molecule is CNC(c1ccc(F)c(Br)c1)c1cnccn1. The molecular weight excluding hydrogens is 285 g/mol. The van der Waals surface area contributed by atoms with Gasteiger partial charge < -0.3 is 5.32 Å². The van der Waals surface area contributed by atoms with Crippen LogP contribution in [0.2, 0.25) is 0 Å². The van der Waals surface area contributed by atoms with E-state index in [4.69, 9.17) is 0 Å². The summed E-state index contributed by atoms with van der Waals surface area (Å²) in [7, 11) is 1.83. The van der Waals surface area contributed by atoms with Crippen LogP contribution >= 0.6 is 15.9 Å². The molecule has 17 heavy (non-hydrogen) atoms. The van der Waals surface area contributed by atoms with Gasteiger partial charge >= 0.3 is 0 Å². The maximum atomic E-state index is 13.2. The topological polar surface area (TPSA) is 37.8 Å². The van der Waals surface area contributed by atoms with Crippen LogP contribution in [0.15, 0.2) is 41.3 Å². The summed E-state index contributed by atoms with van der Waals surface area (Å²) in [5.74, 6) is -0.275. The van der Waals surface area contributed by atoms with Crippen LogP contribution in [-0.4, -0.2) is 17.0 Å². The number of halogens is 2. The van der Waals surface area contributed by atoms with Crippen LogP contribution < -0.4 is 5.32 Å². The maximum absolute atomic E-state index is 13.2. The largest absolute Gasteiger partial charge is 0.308 e. The molecule has 1 aromatic carbocycles. The van der Waals surface area contributed by atoms with Crippen LogP contribution in [0.5, 0.6) is 0 Å². The first kappa shape index (κ1) is 12.1. The first-order valence-corrected chi connectivity index (χ1v) is 5.90. The number of rotatable bonds is 3. The van der Waals surface area contributed by atoms with E-state index in [0.29, 0.717) is 4.47 Å². The average Bonchev–Trinajstić information content (AvgIpc) is 2.36. The Morgan fingerprint density at radius 1 is 1.35 bits per heavy atom. The van der Waals surface area contributed by atoms with E-state index in [2.05, 4.69) is 31.2 Å². The average molecular weight is 296 g/mol. The summed E-state index contributed by atoms with van der Waals surface area (Å²) in [5.41, 5.74) is 1.73. The van der Waals surface area contributed by atoms with Crippen LogP contribution in [0.4, 0.5) is 4.39 Å². The van der Waals surface area contributed by atoms with Crippen LogP contribution in [0.1, 0.15) is 17.3 Å². The Hall–Kier alpha value is -1.33. The maximum Gasteiger partial charge on any atom is 0.137 e. The molecule has 1 N–H and O–H groups in total. The first-order chi connectivity index (χ1) is 8.22. The molecule has 0 saturated heterocycles. The summed E-state index contributed by atoms with van der Waals surface area (Å²) in [6.07, 6.45) is 4.95. The zero-order valence-corrected chi connectivity index (χ0v) is 10.8. The van der Waals surface area contributed by atoms with Gasteiger partial charge in [0, 0.05) is 12.4 Å². The fourth-order valence-corrected chi connectivity index (χ4v) is 2.03. The lowest BCUT2D eigenvalue weighted by Crippen LogP contribution is -2.19. The van der Waals surface area contributed by atoms with Gasteiger partial charge in [-0.2, -0.15) is 0 Å². The van der Waals surface area contributed by atoms with Crippen LogP contribution in [0.3, 0.4) is 0 Å². The van der Waals surface area contributed by atoms with Gasteiger partial charge in [-0.05, 0) is 40.7 Å². The lowest BCUT2D eigenvalue weighted by Gasteiger charge is -2.16. The fourth-order valence-electron chi connectivity index (χ4n) is 1.64. The molecule has 0 aliphatic heterocycles. The van der Waals surface area contributed by atoms with Gasteiger partial charge in [-0.15, -0.1) is 0 Å². The normalized spacial score (nSPS) is 12.4. The van der Waals surface area contributed by atoms with Gasteiger partial charge in [-0.25, -0.2) is 4.39 Å². The highest BCUT2D eigenvalue weighted by molar-refractivity contribution is 9.10. The van der Waals surface area contributed by atoms with E-state index in [1.54, 1.807) is 30.7 Å². The summed E-state index contributed by atoms with van der Waals surface area (Å²) in [4.78, 5) is 8.28. The number of benzene rings is 1. The molecule has 0 aliphatic rings. The molecule has 3 nitrogen and oxygen atoms in total. The number of aromatic nitrogens is 2. The van der Waals surface area contributed by atoms with E-state index in [1.165, 1.54) is 6.07 Å². The Morgan fingerprint density at radius 2 is 2.18 bits per heavy atom. The second-order valence-corrected chi connectivity index (χ2v) is 4.38. The molecule has 0 saturated carbocycles. The molecule has 1 unspecified atom stereocenters. The van der Waals surface area contributed by atoms with Crippen molar-refractivity contribution >= 4 is 15.9 Å². The molecule has 1 atom stereocenters. The van der Waals surface area contributed by atoms with Crippen molar-refractivity contribution in [1.29, 1.82) is 0 Å². The first-order valence-electron chi connectivity index (χ1n) is 5.10. The molecule has 88 valence electrons. The quantitative estimate of drug-likeness (QED) is 0.946. The third-order valence-electron chi connectivity index (χ3n) is 2.44. The molecule has 2 rings (SSSR count). The number of nitrogens with zero attached hydrogens (tertiary/aromatic N) is 2. The Bertz CT molecular complexity index is 504. The summed E-state index contributed by atoms with van der Waals surface area (Å²) in [6.45, 7) is 0. The van der Waals surface area contributed by atoms with E-state index >= 15 is 0 Å². The van der Waals surface area contributed by atoms with E-state index in [-0.39, 0.29) is 11.9 Å². The molecule has 5 heteroatoms. The fraction of sp³-hybridized carbons (Fsp3) is 0.167. The molecule has 2 aromatic rings. The minimum atomic E-state index is -0.275. The van der Waals surface area contributed by atoms with E-state index in [1.807, 2.05) is 7.05 Å². The monoisotopic (exact) mass is 295 g/mol. The third-order valence-corrected chi connectivity index (χ3v) is 3.05. The van der Waals surface area contributed by atoms with Crippen molar-refractivity contribution in [3.05, 3.63) is 58.3 Å². The molecule has 0 radical (unpaired) electrons. The lowest BCUT2D eigenvalue weighted by atomic mass is 10.0. The summed E-state index contributed by atoms with van der Waals surface area (Å²) in [5, 5.41) is 3.14. The molecule has 0 spiro atoms. The van der Waals surface area contributed by atoms with Crippen LogP contribution in [0.25, 0.3) is 0 Å². The highest BCUT2D eigenvalue weighted by atomic mass is 79.9. The predicted molar refractivity (Wildman–Crippen MR) is 67.0 cm³/mol. The van der Waals surface area contributed by atoms with Gasteiger partial charge in [0.2, 0.25) is 0 Å². The van der Waals surface area contributed by atoms with E-state index in [0.717, 1.165) is 11.3 Å². The number of hydrogen-bond donors (Lipinski definition) is 1. The van der Waals surface area contributed by atoms with Crippen LogP contribution in [0, 0.1) is 5.82 Å². The second kappa shape index (κ2) is 5.33. The molecule has 0 fully saturated rings. The Morgan fingerprint density at radius 3 is 2.76 bits per heavy atom. The van der Waals surface area contributed by atoms with Gasteiger partial charge in [-0.1, -0.05) is 6.07 Å². The molecule has 1 heterocycles. The van der Waals surface area contributed by atoms with Gasteiger partial charge in [-0.3, -0.25) is 9.97 Å². The van der Waals surface area contributed by atoms with Crippen molar-refractivity contribution in [2.75, 3.05) is 7.05 Å². The van der Waals surface area contributed by atoms with E-state index < -0.39 is 0 Å².